The molecule has 0 aliphatic rings. The third kappa shape index (κ3) is 3.28. The van der Waals surface area contributed by atoms with E-state index < -0.39 is 6.04 Å². The summed E-state index contributed by atoms with van der Waals surface area (Å²) < 4.78 is 0. The highest BCUT2D eigenvalue weighted by Crippen LogP contribution is 2.16. The molecule has 21 heavy (non-hydrogen) atoms. The molecule has 0 saturated heterocycles. The molecule has 1 atom stereocenters. The summed E-state index contributed by atoms with van der Waals surface area (Å²) >= 11 is 0. The summed E-state index contributed by atoms with van der Waals surface area (Å²) in [6.07, 6.45) is 3.09. The first-order valence-corrected chi connectivity index (χ1v) is 6.79. The Kier molecular flexibility index (Phi) is 4.71. The molecule has 6 nitrogen and oxygen atoms in total. The van der Waals surface area contributed by atoms with Gasteiger partial charge in [0.1, 0.15) is 0 Å². The minimum absolute atomic E-state index is 0.00330. The Morgan fingerprint density at radius 1 is 1.43 bits per heavy atom. The maximum absolute atomic E-state index is 12.4. The third-order valence-corrected chi connectivity index (χ3v) is 3.25. The number of nitrogens with zero attached hydrogens (tertiary/aromatic N) is 2. The van der Waals surface area contributed by atoms with E-state index in [2.05, 4.69) is 15.5 Å². The molecule has 2 aromatic rings. The van der Waals surface area contributed by atoms with E-state index in [1.807, 2.05) is 19.1 Å². The topological polar surface area (TPSA) is 101 Å². The van der Waals surface area contributed by atoms with E-state index in [-0.39, 0.29) is 11.7 Å². The molecule has 2 rings (SSSR count). The average molecular weight is 286 g/mol. The molecule has 0 aliphatic carbocycles. The number of hydrogen-bond acceptors (Lipinski definition) is 4. The normalized spacial score (nSPS) is 13.1. The van der Waals surface area contributed by atoms with Crippen molar-refractivity contribution >= 4 is 22.6 Å². The lowest BCUT2D eigenvalue weighted by molar-refractivity contribution is 0.0946. The van der Waals surface area contributed by atoms with Gasteiger partial charge in [-0.3, -0.25) is 9.78 Å². The van der Waals surface area contributed by atoms with Crippen LogP contribution < -0.4 is 11.1 Å². The summed E-state index contributed by atoms with van der Waals surface area (Å²) in [6.45, 7) is 1.96. The molecule has 1 aromatic heterocycles. The second kappa shape index (κ2) is 6.69. The fraction of sp³-hybridized carbons (Fsp3) is 0.267. The van der Waals surface area contributed by atoms with Gasteiger partial charge >= 0.3 is 0 Å². The Labute approximate surface area is 122 Å². The van der Waals surface area contributed by atoms with Gasteiger partial charge in [-0.1, -0.05) is 30.6 Å². The number of nitrogens with one attached hydrogen (secondary N) is 1. The van der Waals surface area contributed by atoms with E-state index in [4.69, 9.17) is 10.9 Å². The van der Waals surface area contributed by atoms with E-state index in [0.29, 0.717) is 12.0 Å². The molecule has 1 aromatic carbocycles. The number of rotatable bonds is 5. The van der Waals surface area contributed by atoms with Gasteiger partial charge < -0.3 is 16.3 Å². The third-order valence-electron chi connectivity index (χ3n) is 3.25. The Morgan fingerprint density at radius 2 is 2.24 bits per heavy atom. The molecule has 6 heteroatoms. The highest BCUT2D eigenvalue weighted by Gasteiger charge is 2.18. The zero-order chi connectivity index (χ0) is 15.2. The summed E-state index contributed by atoms with van der Waals surface area (Å²) in [6, 6.07) is 8.50. The van der Waals surface area contributed by atoms with Crippen LogP contribution in [0.15, 0.2) is 41.7 Å². The van der Waals surface area contributed by atoms with Crippen LogP contribution in [0.25, 0.3) is 10.9 Å². The summed E-state index contributed by atoms with van der Waals surface area (Å²) in [5, 5.41) is 15.3. The van der Waals surface area contributed by atoms with Gasteiger partial charge in [-0.2, -0.15) is 0 Å². The zero-order valence-electron chi connectivity index (χ0n) is 11.8. The number of aromatic nitrogens is 1. The standard InChI is InChI=1S/C15H18N4O2/c1-2-5-13(14(16)19-21)18-15(20)11-6-3-8-12-10(11)7-4-9-17-12/h3-4,6-9,13,21H,2,5H2,1H3,(H2,16,19)(H,18,20). The van der Waals surface area contributed by atoms with E-state index in [0.717, 1.165) is 17.3 Å². The van der Waals surface area contributed by atoms with E-state index in [1.165, 1.54) is 0 Å². The first kappa shape index (κ1) is 14.8. The van der Waals surface area contributed by atoms with E-state index >= 15 is 0 Å². The van der Waals surface area contributed by atoms with Crippen molar-refractivity contribution in [2.75, 3.05) is 0 Å². The van der Waals surface area contributed by atoms with Crippen molar-refractivity contribution in [1.82, 2.24) is 10.3 Å². The van der Waals surface area contributed by atoms with Crippen LogP contribution in [0.5, 0.6) is 0 Å². The van der Waals surface area contributed by atoms with Crippen molar-refractivity contribution < 1.29 is 10.0 Å². The number of nitrogens with two attached hydrogens (primary N) is 1. The highest BCUT2D eigenvalue weighted by molar-refractivity contribution is 6.07. The number of benzene rings is 1. The lowest BCUT2D eigenvalue weighted by Gasteiger charge is -2.17. The van der Waals surface area contributed by atoms with Crippen LogP contribution in [0.1, 0.15) is 30.1 Å². The molecule has 0 saturated carbocycles. The summed E-state index contributed by atoms with van der Waals surface area (Å²) in [5.41, 5.74) is 6.89. The van der Waals surface area contributed by atoms with Crippen molar-refractivity contribution in [3.8, 4) is 0 Å². The van der Waals surface area contributed by atoms with Crippen LogP contribution in [-0.2, 0) is 0 Å². The van der Waals surface area contributed by atoms with Crippen LogP contribution in [0.2, 0.25) is 0 Å². The van der Waals surface area contributed by atoms with Crippen LogP contribution in [-0.4, -0.2) is 28.0 Å². The molecule has 0 radical (unpaired) electrons. The molecule has 110 valence electrons. The molecule has 1 amide bonds. The first-order valence-electron chi connectivity index (χ1n) is 6.79. The van der Waals surface area contributed by atoms with Gasteiger partial charge in [0, 0.05) is 17.1 Å². The van der Waals surface area contributed by atoms with E-state index in [1.54, 1.807) is 24.4 Å². The molecule has 0 bridgehead atoms. The highest BCUT2D eigenvalue weighted by atomic mass is 16.4. The largest absolute Gasteiger partial charge is 0.409 e. The number of fused-ring (bicyclic) bond motifs is 1. The summed E-state index contributed by atoms with van der Waals surface area (Å²) in [4.78, 5) is 16.7. The van der Waals surface area contributed by atoms with Gasteiger partial charge in [0.05, 0.1) is 11.6 Å². The second-order valence-corrected chi connectivity index (χ2v) is 4.72. The molecular formula is C15H18N4O2. The maximum atomic E-state index is 12.4. The van der Waals surface area contributed by atoms with Crippen molar-refractivity contribution in [3.05, 3.63) is 42.1 Å². The lowest BCUT2D eigenvalue weighted by Crippen LogP contribution is -2.44. The lowest BCUT2D eigenvalue weighted by atomic mass is 10.1. The van der Waals surface area contributed by atoms with Gasteiger partial charge in [-0.25, -0.2) is 0 Å². The molecule has 0 fully saturated rings. The maximum Gasteiger partial charge on any atom is 0.252 e. The van der Waals surface area contributed by atoms with Gasteiger partial charge in [-0.05, 0) is 24.6 Å². The number of hydrogen-bond donors (Lipinski definition) is 3. The number of pyridine rings is 1. The minimum Gasteiger partial charge on any atom is -0.409 e. The quantitative estimate of drug-likeness (QED) is 0.338. The van der Waals surface area contributed by atoms with Gasteiger partial charge in [0.15, 0.2) is 5.84 Å². The minimum atomic E-state index is -0.487. The Morgan fingerprint density at radius 3 is 2.95 bits per heavy atom. The monoisotopic (exact) mass is 286 g/mol. The molecular weight excluding hydrogens is 268 g/mol. The Balaban J connectivity index is 2.29. The predicted molar refractivity (Wildman–Crippen MR) is 81.3 cm³/mol. The van der Waals surface area contributed by atoms with Crippen molar-refractivity contribution in [2.24, 2.45) is 10.9 Å². The molecule has 4 N–H and O–H groups in total. The van der Waals surface area contributed by atoms with E-state index in [9.17, 15) is 4.79 Å². The van der Waals surface area contributed by atoms with Crippen LogP contribution in [0.3, 0.4) is 0 Å². The second-order valence-electron chi connectivity index (χ2n) is 4.72. The zero-order valence-corrected chi connectivity index (χ0v) is 11.8. The Bertz CT molecular complexity index is 664. The fourth-order valence-electron chi connectivity index (χ4n) is 2.19. The smallest absolute Gasteiger partial charge is 0.252 e. The summed E-state index contributed by atoms with van der Waals surface area (Å²) in [7, 11) is 0. The number of oxime groups is 1. The van der Waals surface area contributed by atoms with Crippen LogP contribution >= 0.6 is 0 Å². The fourth-order valence-corrected chi connectivity index (χ4v) is 2.19. The van der Waals surface area contributed by atoms with Crippen molar-refractivity contribution in [1.29, 1.82) is 0 Å². The molecule has 1 unspecified atom stereocenters. The van der Waals surface area contributed by atoms with Crippen LogP contribution in [0.4, 0.5) is 0 Å². The number of carbonyl (C=O) groups excluding carboxylic acids is 1. The number of amidine groups is 1. The van der Waals surface area contributed by atoms with Gasteiger partial charge in [0.2, 0.25) is 0 Å². The SMILES string of the molecule is CCCC(NC(=O)c1cccc2ncccc12)C(N)=NO. The van der Waals surface area contributed by atoms with Crippen LogP contribution in [0, 0.1) is 0 Å². The van der Waals surface area contributed by atoms with Crippen molar-refractivity contribution in [3.63, 3.8) is 0 Å². The first-order chi connectivity index (χ1) is 10.2. The predicted octanol–water partition coefficient (Wildman–Crippen LogP) is 1.88. The van der Waals surface area contributed by atoms with Crippen molar-refractivity contribution in [2.45, 2.75) is 25.8 Å². The molecule has 1 heterocycles. The van der Waals surface area contributed by atoms with Gasteiger partial charge in [0.25, 0.3) is 5.91 Å². The number of carbonyl (C=O) groups is 1. The number of amides is 1. The molecule has 0 spiro atoms. The average Bonchev–Trinajstić information content (AvgIpc) is 2.53. The summed E-state index contributed by atoms with van der Waals surface area (Å²) in [5.74, 6) is -0.262. The van der Waals surface area contributed by atoms with Gasteiger partial charge in [-0.15, -0.1) is 0 Å². The Hall–Kier alpha value is -2.63. The molecule has 0 aliphatic heterocycles.